The molecule has 18 heavy (non-hydrogen) atoms. The maximum Gasteiger partial charge on any atom is 0.306 e. The number of aromatic nitrogens is 1. The quantitative estimate of drug-likeness (QED) is 0.771. The van der Waals surface area contributed by atoms with Crippen LogP contribution < -0.4 is 5.32 Å². The number of hydrogen-bond acceptors (Lipinski definition) is 4. The summed E-state index contributed by atoms with van der Waals surface area (Å²) in [6.45, 7) is 0.0259. The van der Waals surface area contributed by atoms with Crippen molar-refractivity contribution in [3.63, 3.8) is 0 Å². The lowest BCUT2D eigenvalue weighted by molar-refractivity contribution is -0.139. The van der Waals surface area contributed by atoms with Gasteiger partial charge >= 0.3 is 5.97 Å². The van der Waals surface area contributed by atoms with E-state index in [1.54, 1.807) is 0 Å². The van der Waals surface area contributed by atoms with Gasteiger partial charge in [0.15, 0.2) is 0 Å². The fraction of sp³-hybridized carbons (Fsp3) is 0.364. The van der Waals surface area contributed by atoms with E-state index < -0.39 is 23.8 Å². The third-order valence-corrected chi connectivity index (χ3v) is 2.19. The molecule has 1 rings (SSSR count). The molecule has 1 unspecified atom stereocenters. The number of nitrogens with one attached hydrogen (secondary N) is 1. The minimum absolute atomic E-state index is 0.0259. The van der Waals surface area contributed by atoms with E-state index in [0.717, 1.165) is 12.3 Å². The van der Waals surface area contributed by atoms with Gasteiger partial charge in [0.1, 0.15) is 5.82 Å². The molecule has 0 fully saturated rings. The first-order valence-electron chi connectivity index (χ1n) is 5.16. The molecule has 0 aliphatic heterocycles. The number of rotatable bonds is 6. The zero-order valence-electron chi connectivity index (χ0n) is 9.72. The molecular formula is C11H13FN2O4. The van der Waals surface area contributed by atoms with Gasteiger partial charge in [-0.25, -0.2) is 4.39 Å². The Kier molecular flexibility index (Phi) is 5.19. The van der Waals surface area contributed by atoms with Crippen LogP contribution in [0.2, 0.25) is 0 Å². The number of pyridine rings is 1. The van der Waals surface area contributed by atoms with Crippen molar-refractivity contribution in [1.82, 2.24) is 10.3 Å². The van der Waals surface area contributed by atoms with Gasteiger partial charge in [0.05, 0.1) is 24.3 Å². The van der Waals surface area contributed by atoms with Crippen LogP contribution in [0.3, 0.4) is 0 Å². The number of carboxylic acids is 1. The number of carbonyl (C=O) groups excluding carboxylic acids is 1. The average Bonchev–Trinajstić information content (AvgIpc) is 2.33. The number of amides is 1. The summed E-state index contributed by atoms with van der Waals surface area (Å²) in [5.74, 6) is -2.17. The normalized spacial score (nSPS) is 11.9. The second kappa shape index (κ2) is 6.65. The summed E-state index contributed by atoms with van der Waals surface area (Å²) in [5, 5.41) is 11.0. The number of carbonyl (C=O) groups is 2. The standard InChI is InChI=1S/C11H13FN2O4/c1-18-9(3-10(15)16)6-14-11(17)7-2-8(12)5-13-4-7/h2,4-5,9H,3,6H2,1H3,(H,14,17)(H,15,16). The molecule has 0 saturated carbocycles. The molecule has 0 bridgehead atoms. The van der Waals surface area contributed by atoms with E-state index in [4.69, 9.17) is 9.84 Å². The van der Waals surface area contributed by atoms with E-state index in [9.17, 15) is 14.0 Å². The fourth-order valence-corrected chi connectivity index (χ4v) is 1.28. The molecule has 98 valence electrons. The number of methoxy groups -OCH3 is 1. The highest BCUT2D eigenvalue weighted by atomic mass is 19.1. The molecule has 1 aromatic heterocycles. The SMILES string of the molecule is COC(CNC(=O)c1cncc(F)c1)CC(=O)O. The zero-order valence-corrected chi connectivity index (χ0v) is 9.72. The molecule has 1 amide bonds. The Morgan fingerprint density at radius 1 is 1.56 bits per heavy atom. The van der Waals surface area contributed by atoms with Crippen molar-refractivity contribution in [2.75, 3.05) is 13.7 Å². The molecule has 0 aliphatic carbocycles. The Bertz CT molecular complexity index is 439. The van der Waals surface area contributed by atoms with Crippen LogP contribution in [0.15, 0.2) is 18.5 Å². The lowest BCUT2D eigenvalue weighted by atomic mass is 10.2. The van der Waals surface area contributed by atoms with E-state index in [2.05, 4.69) is 10.3 Å². The average molecular weight is 256 g/mol. The molecule has 0 aliphatic rings. The molecule has 1 aromatic rings. The largest absolute Gasteiger partial charge is 0.481 e. The predicted molar refractivity (Wildman–Crippen MR) is 59.6 cm³/mol. The summed E-state index contributed by atoms with van der Waals surface area (Å²) in [6, 6.07) is 1.04. The number of aliphatic carboxylic acids is 1. The topological polar surface area (TPSA) is 88.5 Å². The zero-order chi connectivity index (χ0) is 13.5. The fourth-order valence-electron chi connectivity index (χ4n) is 1.28. The van der Waals surface area contributed by atoms with Crippen molar-refractivity contribution < 1.29 is 23.8 Å². The molecule has 0 radical (unpaired) electrons. The van der Waals surface area contributed by atoms with E-state index in [0.29, 0.717) is 0 Å². The maximum absolute atomic E-state index is 12.8. The molecule has 7 heteroatoms. The molecule has 2 N–H and O–H groups in total. The van der Waals surface area contributed by atoms with E-state index in [1.165, 1.54) is 13.3 Å². The van der Waals surface area contributed by atoms with Crippen molar-refractivity contribution in [1.29, 1.82) is 0 Å². The van der Waals surface area contributed by atoms with Crippen LogP contribution in [-0.2, 0) is 9.53 Å². The van der Waals surface area contributed by atoms with Crippen LogP contribution in [0.4, 0.5) is 4.39 Å². The number of hydrogen-bond donors (Lipinski definition) is 2. The Balaban J connectivity index is 2.52. The summed E-state index contributed by atoms with van der Waals surface area (Å²) >= 11 is 0. The van der Waals surface area contributed by atoms with Gasteiger partial charge in [-0.05, 0) is 6.07 Å². The maximum atomic E-state index is 12.8. The predicted octanol–water partition coefficient (Wildman–Crippen LogP) is 0.440. The first-order valence-corrected chi connectivity index (χ1v) is 5.16. The molecule has 6 nitrogen and oxygen atoms in total. The van der Waals surface area contributed by atoms with Gasteiger partial charge < -0.3 is 15.2 Å². The molecule has 0 aromatic carbocycles. The van der Waals surface area contributed by atoms with Gasteiger partial charge in [-0.3, -0.25) is 14.6 Å². The smallest absolute Gasteiger partial charge is 0.306 e. The van der Waals surface area contributed by atoms with Gasteiger partial charge in [-0.1, -0.05) is 0 Å². The third-order valence-electron chi connectivity index (χ3n) is 2.19. The number of nitrogens with zero attached hydrogens (tertiary/aromatic N) is 1. The highest BCUT2D eigenvalue weighted by molar-refractivity contribution is 5.93. The third kappa shape index (κ3) is 4.46. The molecule has 1 atom stereocenters. The number of ether oxygens (including phenoxy) is 1. The number of halogens is 1. The molecule has 1 heterocycles. The lowest BCUT2D eigenvalue weighted by Crippen LogP contribution is -2.34. The summed E-state index contributed by atoms with van der Waals surface area (Å²) in [4.78, 5) is 25.6. The van der Waals surface area contributed by atoms with Crippen LogP contribution >= 0.6 is 0 Å². The minimum atomic E-state index is -1.02. The first-order chi connectivity index (χ1) is 8.52. The Morgan fingerprint density at radius 3 is 2.83 bits per heavy atom. The van der Waals surface area contributed by atoms with Crippen LogP contribution in [0.25, 0.3) is 0 Å². The van der Waals surface area contributed by atoms with Crippen molar-refractivity contribution in [3.8, 4) is 0 Å². The van der Waals surface area contributed by atoms with Crippen LogP contribution in [0.5, 0.6) is 0 Å². The summed E-state index contributed by atoms with van der Waals surface area (Å²) in [6.07, 6.45) is 1.35. The van der Waals surface area contributed by atoms with Gasteiger partial charge in [-0.15, -0.1) is 0 Å². The second-order valence-corrected chi connectivity index (χ2v) is 3.56. The van der Waals surface area contributed by atoms with Gasteiger partial charge in [0, 0.05) is 19.9 Å². The molecule has 0 saturated heterocycles. The Morgan fingerprint density at radius 2 is 2.28 bits per heavy atom. The van der Waals surface area contributed by atoms with Crippen molar-refractivity contribution in [2.45, 2.75) is 12.5 Å². The highest BCUT2D eigenvalue weighted by Crippen LogP contribution is 2.01. The molecule has 0 spiro atoms. The monoisotopic (exact) mass is 256 g/mol. The van der Waals surface area contributed by atoms with Crippen LogP contribution in [0.1, 0.15) is 16.8 Å². The Hall–Kier alpha value is -2.02. The van der Waals surface area contributed by atoms with Gasteiger partial charge in [0.25, 0.3) is 5.91 Å². The van der Waals surface area contributed by atoms with E-state index in [-0.39, 0.29) is 18.5 Å². The second-order valence-electron chi connectivity index (χ2n) is 3.56. The first kappa shape index (κ1) is 14.0. The lowest BCUT2D eigenvalue weighted by Gasteiger charge is -2.13. The van der Waals surface area contributed by atoms with Crippen LogP contribution in [-0.4, -0.2) is 41.7 Å². The Labute approximate surface area is 103 Å². The van der Waals surface area contributed by atoms with Gasteiger partial charge in [0.2, 0.25) is 0 Å². The molecular weight excluding hydrogens is 243 g/mol. The van der Waals surface area contributed by atoms with Crippen molar-refractivity contribution in [2.24, 2.45) is 0 Å². The van der Waals surface area contributed by atoms with Crippen molar-refractivity contribution >= 4 is 11.9 Å². The van der Waals surface area contributed by atoms with Crippen molar-refractivity contribution in [3.05, 3.63) is 29.8 Å². The van der Waals surface area contributed by atoms with E-state index >= 15 is 0 Å². The van der Waals surface area contributed by atoms with Gasteiger partial charge in [-0.2, -0.15) is 0 Å². The number of carboxylic acid groups (broad SMARTS) is 1. The van der Waals surface area contributed by atoms with E-state index in [1.807, 2.05) is 0 Å². The summed E-state index contributed by atoms with van der Waals surface area (Å²) in [7, 11) is 1.35. The summed E-state index contributed by atoms with van der Waals surface area (Å²) in [5.41, 5.74) is 0.0696. The summed E-state index contributed by atoms with van der Waals surface area (Å²) < 4.78 is 17.7. The highest BCUT2D eigenvalue weighted by Gasteiger charge is 2.14. The minimum Gasteiger partial charge on any atom is -0.481 e. The van der Waals surface area contributed by atoms with Crippen LogP contribution in [0, 0.1) is 5.82 Å².